The van der Waals surface area contributed by atoms with E-state index in [4.69, 9.17) is 4.74 Å². The number of amides is 2. The van der Waals surface area contributed by atoms with E-state index in [9.17, 15) is 14.0 Å². The number of hydrogen-bond acceptors (Lipinski definition) is 5. The molecule has 3 aliphatic heterocycles. The molecular weight excluding hydrogens is 387 g/mol. The second kappa shape index (κ2) is 6.70. The van der Waals surface area contributed by atoms with E-state index in [2.05, 4.69) is 9.97 Å². The number of nitrogens with zero attached hydrogens (tertiary/aromatic N) is 4. The third-order valence-corrected chi connectivity index (χ3v) is 6.23. The Hall–Kier alpha value is -3.13. The molecule has 5 rings (SSSR count). The van der Waals surface area contributed by atoms with Crippen molar-refractivity contribution >= 4 is 17.5 Å². The lowest BCUT2D eigenvalue weighted by Gasteiger charge is -2.27. The quantitative estimate of drug-likeness (QED) is 0.722. The first-order valence-electron chi connectivity index (χ1n) is 9.84. The first-order valence-corrected chi connectivity index (χ1v) is 9.84. The van der Waals surface area contributed by atoms with Gasteiger partial charge in [-0.2, -0.15) is 0 Å². The van der Waals surface area contributed by atoms with Crippen LogP contribution in [0, 0.1) is 24.6 Å². The Morgan fingerprint density at radius 2 is 2.23 bits per heavy atom. The van der Waals surface area contributed by atoms with Crippen LogP contribution in [0.15, 0.2) is 48.9 Å². The summed E-state index contributed by atoms with van der Waals surface area (Å²) in [6.45, 7) is 2.38. The molecule has 30 heavy (non-hydrogen) atoms. The summed E-state index contributed by atoms with van der Waals surface area (Å²) in [6.07, 6.45) is 8.13. The van der Waals surface area contributed by atoms with Crippen LogP contribution in [0.3, 0.4) is 0 Å². The molecule has 4 heterocycles. The molecule has 0 unspecified atom stereocenters. The first kappa shape index (κ1) is 18.9. The average molecular weight is 408 g/mol. The lowest BCUT2D eigenvalue weighted by atomic mass is 9.76. The van der Waals surface area contributed by atoms with Crippen LogP contribution in [-0.2, 0) is 20.9 Å². The van der Waals surface area contributed by atoms with E-state index in [1.54, 1.807) is 48.4 Å². The zero-order valence-electron chi connectivity index (χ0n) is 16.7. The number of rotatable bonds is 4. The van der Waals surface area contributed by atoms with Gasteiger partial charge >= 0.3 is 0 Å². The topological polar surface area (TPSA) is 75.6 Å². The Morgan fingerprint density at radius 1 is 1.40 bits per heavy atom. The fraction of sp³-hybridized carbons (Fsp3) is 0.364. The number of aryl methyl sites for hydroxylation is 1. The molecule has 2 fully saturated rings. The van der Waals surface area contributed by atoms with Gasteiger partial charge in [-0.1, -0.05) is 12.2 Å². The molecule has 3 aliphatic rings. The van der Waals surface area contributed by atoms with Crippen LogP contribution in [0.1, 0.15) is 11.3 Å². The molecule has 8 heteroatoms. The van der Waals surface area contributed by atoms with E-state index >= 15 is 0 Å². The lowest BCUT2D eigenvalue weighted by molar-refractivity contribution is -0.139. The maximum Gasteiger partial charge on any atom is 0.234 e. The van der Waals surface area contributed by atoms with Gasteiger partial charge in [0.2, 0.25) is 11.8 Å². The normalized spacial score (nSPS) is 28.8. The van der Waals surface area contributed by atoms with Crippen LogP contribution in [0.2, 0.25) is 0 Å². The number of anilines is 1. The van der Waals surface area contributed by atoms with E-state index in [-0.39, 0.29) is 17.6 Å². The Bertz CT molecular complexity index is 1060. The molecule has 1 aromatic carbocycles. The number of carbonyl (C=O) groups excluding carboxylic acids is 2. The summed E-state index contributed by atoms with van der Waals surface area (Å²) >= 11 is 0. The summed E-state index contributed by atoms with van der Waals surface area (Å²) in [5.41, 5.74) is 1.16. The predicted molar refractivity (Wildman–Crippen MR) is 106 cm³/mol. The van der Waals surface area contributed by atoms with Gasteiger partial charge in [0, 0.05) is 25.1 Å². The van der Waals surface area contributed by atoms with Gasteiger partial charge in [0.05, 0.1) is 42.9 Å². The number of fused-ring (bicyclic) bond motifs is 1. The van der Waals surface area contributed by atoms with E-state index < -0.39 is 23.5 Å². The van der Waals surface area contributed by atoms with Gasteiger partial charge in [-0.15, -0.1) is 0 Å². The van der Waals surface area contributed by atoms with Crippen molar-refractivity contribution in [3.63, 3.8) is 0 Å². The molecule has 4 atom stereocenters. The van der Waals surface area contributed by atoms with Gasteiger partial charge < -0.3 is 14.5 Å². The minimum absolute atomic E-state index is 0.159. The number of carbonyl (C=O) groups is 2. The summed E-state index contributed by atoms with van der Waals surface area (Å²) < 4.78 is 19.7. The fourth-order valence-corrected chi connectivity index (χ4v) is 4.89. The average Bonchev–Trinajstić information content (AvgIpc) is 3.36. The standard InChI is InChI=1S/C22H21FN4O3/c1-13-9-14(23)3-4-16(13)27-12-22-6-5-17(30-22)18(19(22)21(27)29)20(28)26(2)11-15-10-24-7-8-25-15/h3-10,17-19H,11-12H2,1-2H3/t17-,18+,19-,22-/m0/s1. The molecule has 0 aliphatic carbocycles. The minimum atomic E-state index is -0.823. The summed E-state index contributed by atoms with van der Waals surface area (Å²) in [4.78, 5) is 38.2. The van der Waals surface area contributed by atoms with Crippen molar-refractivity contribution in [3.8, 4) is 0 Å². The molecule has 0 N–H and O–H groups in total. The maximum atomic E-state index is 13.5. The Kier molecular flexibility index (Phi) is 4.21. The Balaban J connectivity index is 1.43. The highest BCUT2D eigenvalue weighted by molar-refractivity contribution is 6.03. The smallest absolute Gasteiger partial charge is 0.234 e. The van der Waals surface area contributed by atoms with Crippen molar-refractivity contribution in [1.82, 2.24) is 14.9 Å². The third kappa shape index (κ3) is 2.74. The molecule has 2 aromatic rings. The van der Waals surface area contributed by atoms with Crippen molar-refractivity contribution in [2.45, 2.75) is 25.2 Å². The number of aromatic nitrogens is 2. The van der Waals surface area contributed by atoms with Gasteiger partial charge in [0.1, 0.15) is 11.4 Å². The lowest BCUT2D eigenvalue weighted by Crippen LogP contribution is -2.44. The zero-order chi connectivity index (χ0) is 21.0. The van der Waals surface area contributed by atoms with Crippen molar-refractivity contribution in [2.75, 3.05) is 18.5 Å². The summed E-state index contributed by atoms with van der Waals surface area (Å²) in [7, 11) is 1.70. The fourth-order valence-electron chi connectivity index (χ4n) is 4.89. The SMILES string of the molecule is Cc1cc(F)ccc1N1C[C@]23C=C[C@H](O2)[C@@H](C(=O)N(C)Cc2cnccn2)[C@H]3C1=O. The minimum Gasteiger partial charge on any atom is -0.360 e. The van der Waals surface area contributed by atoms with E-state index in [0.717, 1.165) is 0 Å². The van der Waals surface area contributed by atoms with E-state index in [1.807, 2.05) is 12.2 Å². The molecule has 2 bridgehead atoms. The van der Waals surface area contributed by atoms with Gasteiger partial charge in [0.15, 0.2) is 0 Å². The highest BCUT2D eigenvalue weighted by Crippen LogP contribution is 2.53. The Morgan fingerprint density at radius 3 is 2.97 bits per heavy atom. The van der Waals surface area contributed by atoms with Gasteiger partial charge in [-0.25, -0.2) is 4.39 Å². The van der Waals surface area contributed by atoms with Crippen molar-refractivity contribution in [2.24, 2.45) is 11.8 Å². The molecule has 1 spiro atoms. The zero-order valence-corrected chi connectivity index (χ0v) is 16.7. The van der Waals surface area contributed by atoms with Crippen LogP contribution in [0.5, 0.6) is 0 Å². The van der Waals surface area contributed by atoms with Crippen LogP contribution < -0.4 is 4.90 Å². The molecule has 7 nitrogen and oxygen atoms in total. The molecule has 0 saturated carbocycles. The van der Waals surface area contributed by atoms with Crippen LogP contribution in [0.4, 0.5) is 10.1 Å². The monoisotopic (exact) mass is 408 g/mol. The second-order valence-corrected chi connectivity index (χ2v) is 8.15. The van der Waals surface area contributed by atoms with Crippen molar-refractivity contribution in [3.05, 3.63) is 66.0 Å². The highest BCUT2D eigenvalue weighted by Gasteiger charge is 2.67. The number of benzene rings is 1. The van der Waals surface area contributed by atoms with Crippen molar-refractivity contribution in [1.29, 1.82) is 0 Å². The van der Waals surface area contributed by atoms with Gasteiger partial charge in [-0.3, -0.25) is 19.6 Å². The van der Waals surface area contributed by atoms with Crippen LogP contribution in [0.25, 0.3) is 0 Å². The predicted octanol–water partition coefficient (Wildman–Crippen LogP) is 1.87. The van der Waals surface area contributed by atoms with Crippen LogP contribution in [-0.4, -0.2) is 52.0 Å². The molecule has 0 radical (unpaired) electrons. The molecule has 154 valence electrons. The highest BCUT2D eigenvalue weighted by atomic mass is 19.1. The Labute approximate surface area is 173 Å². The number of halogens is 1. The summed E-state index contributed by atoms with van der Waals surface area (Å²) in [5, 5.41) is 0. The number of ether oxygens (including phenoxy) is 1. The largest absolute Gasteiger partial charge is 0.360 e. The van der Waals surface area contributed by atoms with Crippen LogP contribution >= 0.6 is 0 Å². The molecule has 2 saturated heterocycles. The van der Waals surface area contributed by atoms with E-state index in [0.29, 0.717) is 30.0 Å². The van der Waals surface area contributed by atoms with E-state index in [1.165, 1.54) is 12.1 Å². The molecule has 2 amide bonds. The maximum absolute atomic E-state index is 13.5. The van der Waals surface area contributed by atoms with Crippen molar-refractivity contribution < 1.29 is 18.7 Å². The first-order chi connectivity index (χ1) is 14.4. The van der Waals surface area contributed by atoms with Gasteiger partial charge in [-0.05, 0) is 30.7 Å². The third-order valence-electron chi connectivity index (χ3n) is 6.23. The summed E-state index contributed by atoms with van der Waals surface area (Å²) in [6, 6.07) is 4.35. The number of hydrogen-bond donors (Lipinski definition) is 0. The molecule has 1 aromatic heterocycles. The second-order valence-electron chi connectivity index (χ2n) is 8.15. The molecular formula is C22H21FN4O3. The summed E-state index contributed by atoms with van der Waals surface area (Å²) in [5.74, 6) is -1.88. The van der Waals surface area contributed by atoms with Gasteiger partial charge in [0.25, 0.3) is 0 Å².